The van der Waals surface area contributed by atoms with Gasteiger partial charge in [0, 0.05) is 36.3 Å². The molecule has 2 atom stereocenters. The maximum Gasteiger partial charge on any atom is 0.433 e. The van der Waals surface area contributed by atoms with Crippen LogP contribution in [0.4, 0.5) is 30.5 Å². The van der Waals surface area contributed by atoms with E-state index in [-0.39, 0.29) is 18.4 Å². The minimum absolute atomic E-state index is 0.0487. The van der Waals surface area contributed by atoms with Crippen molar-refractivity contribution >= 4 is 17.3 Å². The summed E-state index contributed by atoms with van der Waals surface area (Å²) in [5, 5.41) is 16.3. The quantitative estimate of drug-likeness (QED) is 0.443. The molecule has 7 nitrogen and oxygen atoms in total. The Morgan fingerprint density at radius 3 is 2.79 bits per heavy atom. The van der Waals surface area contributed by atoms with Crippen molar-refractivity contribution in [3.05, 3.63) is 59.5 Å². The summed E-state index contributed by atoms with van der Waals surface area (Å²) in [6.45, 7) is 1.98. The highest BCUT2D eigenvalue weighted by molar-refractivity contribution is 5.75. The number of aromatic nitrogens is 3. The predicted molar refractivity (Wildman–Crippen MR) is 120 cm³/mol. The highest BCUT2D eigenvalue weighted by Crippen LogP contribution is 2.34. The number of fused-ring (bicyclic) bond motifs is 1. The molecule has 1 aliphatic carbocycles. The van der Waals surface area contributed by atoms with Gasteiger partial charge in [0.25, 0.3) is 0 Å². The number of nitrogens with one attached hydrogen (secondary N) is 2. The van der Waals surface area contributed by atoms with Gasteiger partial charge in [-0.25, -0.2) is 15.0 Å². The SMILES string of the molecule is C[C@@H](CN)Nc1nc(C(F)(F)F)ccc1-c1cc(Nc2cccc3c2C[C@H](O)CC3)ncn1. The van der Waals surface area contributed by atoms with Crippen molar-refractivity contribution in [2.24, 2.45) is 5.73 Å². The average Bonchev–Trinajstić information content (AvgIpc) is 2.79. The lowest BCUT2D eigenvalue weighted by Crippen LogP contribution is -2.26. The number of pyridine rings is 1. The topological polar surface area (TPSA) is 109 Å². The fraction of sp³-hybridized carbons (Fsp3) is 0.348. The number of alkyl halides is 3. The zero-order valence-corrected chi connectivity index (χ0v) is 18.0. The Hall–Kier alpha value is -3.24. The van der Waals surface area contributed by atoms with Crippen LogP contribution in [0, 0.1) is 0 Å². The monoisotopic (exact) mass is 458 g/mol. The van der Waals surface area contributed by atoms with Gasteiger partial charge in [-0.15, -0.1) is 0 Å². The predicted octanol–water partition coefficient (Wildman–Crippen LogP) is 3.91. The minimum atomic E-state index is -4.57. The van der Waals surface area contributed by atoms with Crippen LogP contribution in [0.3, 0.4) is 0 Å². The zero-order chi connectivity index (χ0) is 23.6. The van der Waals surface area contributed by atoms with Crippen LogP contribution in [0.1, 0.15) is 30.2 Å². The molecule has 0 radical (unpaired) electrons. The fourth-order valence-electron chi connectivity index (χ4n) is 3.82. The van der Waals surface area contributed by atoms with E-state index in [1.54, 1.807) is 13.0 Å². The Labute approximate surface area is 189 Å². The molecule has 0 unspecified atom stereocenters. The number of aliphatic hydroxyl groups excluding tert-OH is 1. The van der Waals surface area contributed by atoms with E-state index in [0.717, 1.165) is 30.2 Å². The van der Waals surface area contributed by atoms with Crippen molar-refractivity contribution in [3.63, 3.8) is 0 Å². The molecule has 0 fully saturated rings. The summed E-state index contributed by atoms with van der Waals surface area (Å²) in [4.78, 5) is 12.3. The Bertz CT molecular complexity index is 1140. The molecule has 4 rings (SSSR count). The summed E-state index contributed by atoms with van der Waals surface area (Å²) in [5.74, 6) is 0.527. The number of aryl methyl sites for hydroxylation is 1. The first-order valence-electron chi connectivity index (χ1n) is 10.7. The Morgan fingerprint density at radius 1 is 1.21 bits per heavy atom. The van der Waals surface area contributed by atoms with Crippen molar-refractivity contribution in [1.29, 1.82) is 0 Å². The molecule has 1 aromatic carbocycles. The fourth-order valence-corrected chi connectivity index (χ4v) is 3.82. The van der Waals surface area contributed by atoms with E-state index < -0.39 is 18.0 Å². The van der Waals surface area contributed by atoms with Crippen molar-refractivity contribution in [2.75, 3.05) is 17.2 Å². The smallest absolute Gasteiger partial charge is 0.393 e. The van der Waals surface area contributed by atoms with E-state index in [1.165, 1.54) is 18.0 Å². The second-order valence-electron chi connectivity index (χ2n) is 8.12. The first-order chi connectivity index (χ1) is 15.7. The second kappa shape index (κ2) is 9.32. The van der Waals surface area contributed by atoms with Crippen LogP contribution in [0.2, 0.25) is 0 Å². The van der Waals surface area contributed by atoms with Crippen LogP contribution in [0.15, 0.2) is 42.7 Å². The third kappa shape index (κ3) is 5.23. The molecule has 0 bridgehead atoms. The number of rotatable bonds is 6. The van der Waals surface area contributed by atoms with Crippen molar-refractivity contribution in [2.45, 2.75) is 44.5 Å². The van der Waals surface area contributed by atoms with E-state index >= 15 is 0 Å². The van der Waals surface area contributed by atoms with Crippen molar-refractivity contribution in [1.82, 2.24) is 15.0 Å². The van der Waals surface area contributed by atoms with Crippen LogP contribution >= 0.6 is 0 Å². The third-order valence-corrected chi connectivity index (χ3v) is 5.59. The van der Waals surface area contributed by atoms with Gasteiger partial charge in [0.2, 0.25) is 0 Å². The number of nitrogens with zero attached hydrogens (tertiary/aromatic N) is 3. The molecule has 3 aromatic rings. The van der Waals surface area contributed by atoms with Gasteiger partial charge in [-0.2, -0.15) is 13.2 Å². The van der Waals surface area contributed by atoms with Gasteiger partial charge >= 0.3 is 6.18 Å². The molecule has 10 heteroatoms. The summed E-state index contributed by atoms with van der Waals surface area (Å²) < 4.78 is 39.7. The summed E-state index contributed by atoms with van der Waals surface area (Å²) in [6.07, 6.45) is -1.55. The molecule has 0 amide bonds. The molecule has 1 aliphatic rings. The molecule has 0 saturated heterocycles. The summed E-state index contributed by atoms with van der Waals surface area (Å²) >= 11 is 0. The van der Waals surface area contributed by atoms with Gasteiger partial charge in [0.05, 0.1) is 11.8 Å². The lowest BCUT2D eigenvalue weighted by molar-refractivity contribution is -0.141. The largest absolute Gasteiger partial charge is 0.433 e. The number of benzene rings is 1. The van der Waals surface area contributed by atoms with Crippen molar-refractivity contribution < 1.29 is 18.3 Å². The van der Waals surface area contributed by atoms with Gasteiger partial charge in [0.15, 0.2) is 0 Å². The number of anilines is 3. The molecular weight excluding hydrogens is 433 g/mol. The van der Waals surface area contributed by atoms with Crippen LogP contribution < -0.4 is 16.4 Å². The van der Waals surface area contributed by atoms with Crippen LogP contribution in [-0.4, -0.2) is 38.7 Å². The van der Waals surface area contributed by atoms with Crippen LogP contribution in [0.25, 0.3) is 11.3 Å². The van der Waals surface area contributed by atoms with E-state index in [2.05, 4.69) is 25.6 Å². The van der Waals surface area contributed by atoms with Crippen LogP contribution in [-0.2, 0) is 19.0 Å². The lowest BCUT2D eigenvalue weighted by Gasteiger charge is -2.23. The number of hydrogen-bond donors (Lipinski definition) is 4. The first-order valence-corrected chi connectivity index (χ1v) is 10.7. The van der Waals surface area contributed by atoms with E-state index in [1.807, 2.05) is 18.2 Å². The Kier molecular flexibility index (Phi) is 6.48. The molecule has 174 valence electrons. The normalized spacial score (nSPS) is 16.7. The maximum atomic E-state index is 13.2. The number of nitrogens with two attached hydrogens (primary N) is 1. The summed E-state index contributed by atoms with van der Waals surface area (Å²) in [7, 11) is 0. The molecule has 2 aromatic heterocycles. The van der Waals surface area contributed by atoms with Gasteiger partial charge < -0.3 is 21.5 Å². The minimum Gasteiger partial charge on any atom is -0.393 e. The maximum absolute atomic E-state index is 13.2. The summed E-state index contributed by atoms with van der Waals surface area (Å²) in [6, 6.07) is 9.53. The van der Waals surface area contributed by atoms with Crippen LogP contribution in [0.5, 0.6) is 0 Å². The Morgan fingerprint density at radius 2 is 2.03 bits per heavy atom. The second-order valence-corrected chi connectivity index (χ2v) is 8.12. The molecule has 0 spiro atoms. The molecule has 0 saturated carbocycles. The number of hydrogen-bond acceptors (Lipinski definition) is 7. The van der Waals surface area contributed by atoms with Gasteiger partial charge in [-0.1, -0.05) is 12.1 Å². The van der Waals surface area contributed by atoms with Gasteiger partial charge in [-0.3, -0.25) is 0 Å². The van der Waals surface area contributed by atoms with E-state index in [4.69, 9.17) is 5.73 Å². The van der Waals surface area contributed by atoms with Crippen molar-refractivity contribution in [3.8, 4) is 11.3 Å². The lowest BCUT2D eigenvalue weighted by atomic mass is 9.88. The van der Waals surface area contributed by atoms with Gasteiger partial charge in [-0.05, 0) is 49.1 Å². The molecule has 33 heavy (non-hydrogen) atoms. The molecule has 5 N–H and O–H groups in total. The molecule has 2 heterocycles. The van der Waals surface area contributed by atoms with E-state index in [9.17, 15) is 18.3 Å². The van der Waals surface area contributed by atoms with Gasteiger partial charge in [0.1, 0.15) is 23.7 Å². The third-order valence-electron chi connectivity index (χ3n) is 5.59. The highest BCUT2D eigenvalue weighted by Gasteiger charge is 2.33. The standard InChI is InChI=1S/C23H25F3N6O/c1-13(11-27)30-22-16(7-8-20(32-22)23(24,25)26)19-10-21(29-12-28-19)31-18-4-2-3-14-5-6-15(33)9-17(14)18/h2-4,7-8,10,12-13,15,33H,5-6,9,11,27H2,1H3,(H,30,32)(H,28,29,31)/t13-,15+/m0/s1. The van der Waals surface area contributed by atoms with E-state index in [0.29, 0.717) is 23.5 Å². The average molecular weight is 458 g/mol. The summed E-state index contributed by atoms with van der Waals surface area (Å²) in [5.41, 5.74) is 8.49. The zero-order valence-electron chi connectivity index (χ0n) is 18.0. The highest BCUT2D eigenvalue weighted by atomic mass is 19.4. The number of aliphatic hydroxyl groups is 1. The molecular formula is C23H25F3N6O. The number of halogens is 3. The first kappa shape index (κ1) is 22.9. The Balaban J connectivity index is 1.68. The molecule has 0 aliphatic heterocycles.